The Bertz CT molecular complexity index is 751. The molecule has 0 bridgehead atoms. The Morgan fingerprint density at radius 3 is 2.80 bits per heavy atom. The SMILES string of the molecule is Cc1nc(NCCN2CCOCC2)cc(Nc2cccc(C#N)c2)n1. The fraction of sp³-hybridized carbons (Fsp3) is 0.389. The second-order valence-electron chi connectivity index (χ2n) is 5.88. The molecule has 130 valence electrons. The second kappa shape index (κ2) is 8.42. The monoisotopic (exact) mass is 338 g/mol. The molecular formula is C18H22N6O. The number of aromatic nitrogens is 2. The molecule has 1 aliphatic heterocycles. The van der Waals surface area contributed by atoms with Gasteiger partial charge in [-0.05, 0) is 25.1 Å². The van der Waals surface area contributed by atoms with E-state index in [0.29, 0.717) is 17.2 Å². The molecule has 1 aromatic carbocycles. The van der Waals surface area contributed by atoms with Crippen molar-refractivity contribution in [3.63, 3.8) is 0 Å². The Morgan fingerprint density at radius 2 is 2.00 bits per heavy atom. The quantitative estimate of drug-likeness (QED) is 0.834. The highest BCUT2D eigenvalue weighted by molar-refractivity contribution is 5.60. The summed E-state index contributed by atoms with van der Waals surface area (Å²) in [5.74, 6) is 2.19. The Morgan fingerprint density at radius 1 is 1.20 bits per heavy atom. The number of anilines is 3. The number of aryl methyl sites for hydroxylation is 1. The van der Waals surface area contributed by atoms with Crippen molar-refractivity contribution in [1.29, 1.82) is 5.26 Å². The fourth-order valence-electron chi connectivity index (χ4n) is 2.70. The van der Waals surface area contributed by atoms with E-state index in [1.165, 1.54) is 0 Å². The lowest BCUT2D eigenvalue weighted by Crippen LogP contribution is -2.39. The second-order valence-corrected chi connectivity index (χ2v) is 5.88. The molecule has 0 saturated carbocycles. The summed E-state index contributed by atoms with van der Waals surface area (Å²) in [5, 5.41) is 15.6. The van der Waals surface area contributed by atoms with Gasteiger partial charge in [-0.15, -0.1) is 0 Å². The number of hydrogen-bond acceptors (Lipinski definition) is 7. The summed E-state index contributed by atoms with van der Waals surface area (Å²) in [6.07, 6.45) is 0. The molecule has 0 amide bonds. The van der Waals surface area contributed by atoms with Gasteiger partial charge in [0.15, 0.2) is 0 Å². The summed E-state index contributed by atoms with van der Waals surface area (Å²) in [7, 11) is 0. The van der Waals surface area contributed by atoms with Gasteiger partial charge in [-0.2, -0.15) is 5.26 Å². The van der Waals surface area contributed by atoms with Crippen LogP contribution in [0.1, 0.15) is 11.4 Å². The first-order valence-corrected chi connectivity index (χ1v) is 8.40. The van der Waals surface area contributed by atoms with Gasteiger partial charge < -0.3 is 15.4 Å². The lowest BCUT2D eigenvalue weighted by Gasteiger charge is -2.26. The number of nitrogens with one attached hydrogen (secondary N) is 2. The molecule has 1 fully saturated rings. The van der Waals surface area contributed by atoms with Crippen LogP contribution in [0.2, 0.25) is 0 Å². The van der Waals surface area contributed by atoms with Crippen LogP contribution in [0, 0.1) is 18.3 Å². The maximum absolute atomic E-state index is 9.00. The van der Waals surface area contributed by atoms with Crippen molar-refractivity contribution in [2.75, 3.05) is 50.0 Å². The molecule has 0 unspecified atom stereocenters. The molecular weight excluding hydrogens is 316 g/mol. The highest BCUT2D eigenvalue weighted by Crippen LogP contribution is 2.18. The summed E-state index contributed by atoms with van der Waals surface area (Å²) >= 11 is 0. The van der Waals surface area contributed by atoms with E-state index in [9.17, 15) is 0 Å². The Labute approximate surface area is 147 Å². The smallest absolute Gasteiger partial charge is 0.136 e. The molecule has 2 aromatic rings. The zero-order valence-electron chi connectivity index (χ0n) is 14.3. The minimum absolute atomic E-state index is 0.611. The van der Waals surface area contributed by atoms with Crippen molar-refractivity contribution in [1.82, 2.24) is 14.9 Å². The molecule has 1 aliphatic rings. The summed E-state index contributed by atoms with van der Waals surface area (Å²) in [6.45, 7) is 7.22. The predicted molar refractivity (Wildman–Crippen MR) is 97.0 cm³/mol. The number of rotatable bonds is 6. The van der Waals surface area contributed by atoms with Crippen LogP contribution in [-0.2, 0) is 4.74 Å². The number of morpholine rings is 1. The highest BCUT2D eigenvalue weighted by atomic mass is 16.5. The number of benzene rings is 1. The maximum atomic E-state index is 9.00. The standard InChI is InChI=1S/C18H22N6O/c1-14-21-17(20-5-6-24-7-9-25-10-8-24)12-18(22-14)23-16-4-2-3-15(11-16)13-19/h2-4,11-12H,5-10H2,1H3,(H2,20,21,22,23). The first-order chi connectivity index (χ1) is 12.2. The Balaban J connectivity index is 1.60. The molecule has 0 spiro atoms. The number of ether oxygens (including phenoxy) is 1. The predicted octanol–water partition coefficient (Wildman–Crippen LogP) is 2.14. The van der Waals surface area contributed by atoms with Crippen LogP contribution in [0.25, 0.3) is 0 Å². The number of nitrogens with zero attached hydrogens (tertiary/aromatic N) is 4. The van der Waals surface area contributed by atoms with E-state index in [1.807, 2.05) is 25.1 Å². The van der Waals surface area contributed by atoms with Crippen molar-refractivity contribution in [2.45, 2.75) is 6.92 Å². The van der Waals surface area contributed by atoms with Gasteiger partial charge >= 0.3 is 0 Å². The first kappa shape index (κ1) is 17.1. The van der Waals surface area contributed by atoms with E-state index in [2.05, 4.69) is 31.6 Å². The van der Waals surface area contributed by atoms with Crippen molar-refractivity contribution in [2.24, 2.45) is 0 Å². The molecule has 3 rings (SSSR count). The van der Waals surface area contributed by atoms with Gasteiger partial charge in [0.05, 0.1) is 24.8 Å². The lowest BCUT2D eigenvalue weighted by molar-refractivity contribution is 0.0398. The van der Waals surface area contributed by atoms with Gasteiger partial charge in [0.1, 0.15) is 17.5 Å². The van der Waals surface area contributed by atoms with Crippen molar-refractivity contribution in [3.05, 3.63) is 41.7 Å². The summed E-state index contributed by atoms with van der Waals surface area (Å²) in [4.78, 5) is 11.2. The van der Waals surface area contributed by atoms with Crippen LogP contribution in [0.15, 0.2) is 30.3 Å². The van der Waals surface area contributed by atoms with Crippen LogP contribution in [0.5, 0.6) is 0 Å². The zero-order chi connectivity index (χ0) is 17.5. The molecule has 0 atom stereocenters. The summed E-state index contributed by atoms with van der Waals surface area (Å²) in [6, 6.07) is 11.3. The summed E-state index contributed by atoms with van der Waals surface area (Å²) < 4.78 is 5.36. The Hall–Kier alpha value is -2.69. The van der Waals surface area contributed by atoms with Gasteiger partial charge in [-0.3, -0.25) is 4.90 Å². The van der Waals surface area contributed by atoms with Crippen molar-refractivity contribution < 1.29 is 4.74 Å². The van der Waals surface area contributed by atoms with Gasteiger partial charge in [0.2, 0.25) is 0 Å². The zero-order valence-corrected chi connectivity index (χ0v) is 14.3. The fourth-order valence-corrected chi connectivity index (χ4v) is 2.70. The normalized spacial score (nSPS) is 14.7. The molecule has 2 heterocycles. The molecule has 0 aliphatic carbocycles. The minimum atomic E-state index is 0.611. The van der Waals surface area contributed by atoms with E-state index >= 15 is 0 Å². The van der Waals surface area contributed by atoms with E-state index < -0.39 is 0 Å². The van der Waals surface area contributed by atoms with Crippen molar-refractivity contribution in [3.8, 4) is 6.07 Å². The average Bonchev–Trinajstić information content (AvgIpc) is 2.62. The Kier molecular flexibility index (Phi) is 5.77. The minimum Gasteiger partial charge on any atom is -0.379 e. The van der Waals surface area contributed by atoms with E-state index in [0.717, 1.165) is 50.9 Å². The third kappa shape index (κ3) is 5.14. The van der Waals surface area contributed by atoms with Crippen LogP contribution >= 0.6 is 0 Å². The average molecular weight is 338 g/mol. The van der Waals surface area contributed by atoms with E-state index in [4.69, 9.17) is 10.00 Å². The molecule has 0 radical (unpaired) electrons. The van der Waals surface area contributed by atoms with Crippen LogP contribution in [0.4, 0.5) is 17.3 Å². The largest absolute Gasteiger partial charge is 0.379 e. The third-order valence-corrected chi connectivity index (χ3v) is 3.94. The third-order valence-electron chi connectivity index (χ3n) is 3.94. The molecule has 1 saturated heterocycles. The first-order valence-electron chi connectivity index (χ1n) is 8.40. The van der Waals surface area contributed by atoms with E-state index in [-0.39, 0.29) is 0 Å². The van der Waals surface area contributed by atoms with Gasteiger partial charge in [-0.25, -0.2) is 9.97 Å². The van der Waals surface area contributed by atoms with Gasteiger partial charge in [-0.1, -0.05) is 6.07 Å². The van der Waals surface area contributed by atoms with Gasteiger partial charge in [0, 0.05) is 37.9 Å². The molecule has 1 aromatic heterocycles. The number of nitriles is 1. The topological polar surface area (TPSA) is 86.1 Å². The summed E-state index contributed by atoms with van der Waals surface area (Å²) in [5.41, 5.74) is 1.44. The van der Waals surface area contributed by atoms with Crippen LogP contribution < -0.4 is 10.6 Å². The molecule has 7 nitrogen and oxygen atoms in total. The maximum Gasteiger partial charge on any atom is 0.136 e. The molecule has 25 heavy (non-hydrogen) atoms. The van der Waals surface area contributed by atoms with Crippen molar-refractivity contribution >= 4 is 17.3 Å². The lowest BCUT2D eigenvalue weighted by atomic mass is 10.2. The van der Waals surface area contributed by atoms with Crippen LogP contribution in [-0.4, -0.2) is 54.3 Å². The van der Waals surface area contributed by atoms with Gasteiger partial charge in [0.25, 0.3) is 0 Å². The van der Waals surface area contributed by atoms with Crippen LogP contribution in [0.3, 0.4) is 0 Å². The molecule has 2 N–H and O–H groups in total. The molecule has 7 heteroatoms. The highest BCUT2D eigenvalue weighted by Gasteiger charge is 2.10. The van der Waals surface area contributed by atoms with E-state index in [1.54, 1.807) is 12.1 Å². The number of hydrogen-bond donors (Lipinski definition) is 2.